The smallest absolute Gasteiger partial charge is 0.225 e. The summed E-state index contributed by atoms with van der Waals surface area (Å²) < 4.78 is 0. The molecule has 0 aromatic rings. The summed E-state index contributed by atoms with van der Waals surface area (Å²) >= 11 is 0. The highest BCUT2D eigenvalue weighted by Gasteiger charge is 2.20. The van der Waals surface area contributed by atoms with E-state index in [9.17, 15) is 4.79 Å². The Morgan fingerprint density at radius 3 is 2.31 bits per heavy atom. The van der Waals surface area contributed by atoms with E-state index in [1.54, 1.807) is 0 Å². The lowest BCUT2D eigenvalue weighted by atomic mass is 9.95. The fraction of sp³-hybridized carbons (Fsp3) is 0.923. The SMILES string of the molecule is CC(C)(C)C(=O)NCCNC1CCCCC1. The van der Waals surface area contributed by atoms with Crippen molar-refractivity contribution in [3.8, 4) is 0 Å². The first-order valence-corrected chi connectivity index (χ1v) is 6.52. The molecule has 0 saturated heterocycles. The molecule has 1 aliphatic rings. The highest BCUT2D eigenvalue weighted by Crippen LogP contribution is 2.17. The molecule has 1 fully saturated rings. The van der Waals surface area contributed by atoms with Crippen molar-refractivity contribution in [2.75, 3.05) is 13.1 Å². The minimum atomic E-state index is -0.273. The van der Waals surface area contributed by atoms with Crippen LogP contribution in [0.2, 0.25) is 0 Å². The Morgan fingerprint density at radius 1 is 1.12 bits per heavy atom. The predicted octanol–water partition coefficient (Wildman–Crippen LogP) is 2.07. The van der Waals surface area contributed by atoms with Gasteiger partial charge in [-0.15, -0.1) is 0 Å². The Hall–Kier alpha value is -0.570. The Kier molecular flexibility index (Phi) is 5.26. The molecule has 0 bridgehead atoms. The summed E-state index contributed by atoms with van der Waals surface area (Å²) in [4.78, 5) is 11.6. The first-order chi connectivity index (χ1) is 7.50. The maximum Gasteiger partial charge on any atom is 0.225 e. The molecule has 0 unspecified atom stereocenters. The second-order valence-corrected chi connectivity index (χ2v) is 5.79. The van der Waals surface area contributed by atoms with Crippen molar-refractivity contribution in [3.63, 3.8) is 0 Å². The number of hydrogen-bond donors (Lipinski definition) is 2. The van der Waals surface area contributed by atoms with E-state index >= 15 is 0 Å². The van der Waals surface area contributed by atoms with Gasteiger partial charge in [0.05, 0.1) is 0 Å². The monoisotopic (exact) mass is 226 g/mol. The summed E-state index contributed by atoms with van der Waals surface area (Å²) in [6.45, 7) is 7.46. The van der Waals surface area contributed by atoms with E-state index in [-0.39, 0.29) is 11.3 Å². The Bertz CT molecular complexity index is 214. The average molecular weight is 226 g/mol. The standard InChI is InChI=1S/C13H26N2O/c1-13(2,3)12(16)15-10-9-14-11-7-5-4-6-8-11/h11,14H,4-10H2,1-3H3,(H,15,16). The molecule has 1 rings (SSSR count). The van der Waals surface area contributed by atoms with Crippen LogP contribution in [0.25, 0.3) is 0 Å². The van der Waals surface area contributed by atoms with Gasteiger partial charge in [-0.25, -0.2) is 0 Å². The molecule has 0 radical (unpaired) electrons. The maximum absolute atomic E-state index is 11.6. The maximum atomic E-state index is 11.6. The first-order valence-electron chi connectivity index (χ1n) is 6.52. The van der Waals surface area contributed by atoms with Crippen LogP contribution in [-0.4, -0.2) is 25.0 Å². The predicted molar refractivity (Wildman–Crippen MR) is 67.3 cm³/mol. The molecule has 0 spiro atoms. The van der Waals surface area contributed by atoms with E-state index < -0.39 is 0 Å². The number of nitrogens with one attached hydrogen (secondary N) is 2. The van der Waals surface area contributed by atoms with E-state index in [4.69, 9.17) is 0 Å². The summed E-state index contributed by atoms with van der Waals surface area (Å²) in [6, 6.07) is 0.681. The third-order valence-electron chi connectivity index (χ3n) is 3.13. The molecule has 0 aromatic carbocycles. The van der Waals surface area contributed by atoms with Crippen molar-refractivity contribution in [2.45, 2.75) is 58.9 Å². The van der Waals surface area contributed by atoms with Crippen molar-refractivity contribution in [2.24, 2.45) is 5.41 Å². The number of hydrogen-bond acceptors (Lipinski definition) is 2. The highest BCUT2D eigenvalue weighted by atomic mass is 16.2. The topological polar surface area (TPSA) is 41.1 Å². The minimum Gasteiger partial charge on any atom is -0.354 e. The summed E-state index contributed by atoms with van der Waals surface area (Å²) in [5, 5.41) is 6.47. The molecule has 1 aliphatic carbocycles. The van der Waals surface area contributed by atoms with Crippen LogP contribution in [0.3, 0.4) is 0 Å². The van der Waals surface area contributed by atoms with Crippen LogP contribution in [0, 0.1) is 5.41 Å². The Morgan fingerprint density at radius 2 is 1.75 bits per heavy atom. The van der Waals surface area contributed by atoms with E-state index in [2.05, 4.69) is 10.6 Å². The second-order valence-electron chi connectivity index (χ2n) is 5.79. The van der Waals surface area contributed by atoms with Crippen LogP contribution < -0.4 is 10.6 Å². The van der Waals surface area contributed by atoms with Crippen molar-refractivity contribution in [3.05, 3.63) is 0 Å². The van der Waals surface area contributed by atoms with E-state index in [1.807, 2.05) is 20.8 Å². The molecule has 16 heavy (non-hydrogen) atoms. The molecule has 0 atom stereocenters. The van der Waals surface area contributed by atoms with Gasteiger partial charge in [-0.2, -0.15) is 0 Å². The van der Waals surface area contributed by atoms with E-state index in [1.165, 1.54) is 32.1 Å². The highest BCUT2D eigenvalue weighted by molar-refractivity contribution is 5.81. The lowest BCUT2D eigenvalue weighted by Crippen LogP contribution is -2.41. The largest absolute Gasteiger partial charge is 0.354 e. The Labute approximate surface area is 99.4 Å². The molecule has 3 heteroatoms. The van der Waals surface area contributed by atoms with Crippen LogP contribution in [-0.2, 0) is 4.79 Å². The van der Waals surface area contributed by atoms with Gasteiger partial charge in [0.1, 0.15) is 0 Å². The molecular weight excluding hydrogens is 200 g/mol. The molecule has 0 heterocycles. The van der Waals surface area contributed by atoms with Crippen LogP contribution in [0.4, 0.5) is 0 Å². The molecule has 0 aliphatic heterocycles. The van der Waals surface area contributed by atoms with E-state index in [0.717, 1.165) is 13.1 Å². The fourth-order valence-corrected chi connectivity index (χ4v) is 2.02. The zero-order valence-corrected chi connectivity index (χ0v) is 10.9. The molecule has 1 amide bonds. The van der Waals surface area contributed by atoms with Crippen molar-refractivity contribution >= 4 is 5.91 Å². The minimum absolute atomic E-state index is 0.137. The first kappa shape index (κ1) is 13.5. The van der Waals surface area contributed by atoms with Crippen molar-refractivity contribution in [1.29, 1.82) is 0 Å². The molecule has 1 saturated carbocycles. The van der Waals surface area contributed by atoms with Gasteiger partial charge in [-0.1, -0.05) is 40.0 Å². The number of carbonyl (C=O) groups is 1. The summed E-state index contributed by atoms with van der Waals surface area (Å²) in [5.41, 5.74) is -0.273. The van der Waals surface area contributed by atoms with Crippen molar-refractivity contribution in [1.82, 2.24) is 10.6 Å². The van der Waals surface area contributed by atoms with Gasteiger partial charge in [0, 0.05) is 24.5 Å². The number of amides is 1. The summed E-state index contributed by atoms with van der Waals surface area (Å²) in [6.07, 6.45) is 6.69. The molecule has 2 N–H and O–H groups in total. The molecular formula is C13H26N2O. The molecule has 3 nitrogen and oxygen atoms in total. The summed E-state index contributed by atoms with van der Waals surface area (Å²) in [7, 11) is 0. The average Bonchev–Trinajstić information content (AvgIpc) is 2.24. The normalized spacial score (nSPS) is 18.4. The second kappa shape index (κ2) is 6.24. The van der Waals surface area contributed by atoms with Gasteiger partial charge < -0.3 is 10.6 Å². The van der Waals surface area contributed by atoms with Gasteiger partial charge in [0.15, 0.2) is 0 Å². The number of carbonyl (C=O) groups excluding carboxylic acids is 1. The summed E-state index contributed by atoms with van der Waals surface area (Å²) in [5.74, 6) is 0.137. The quantitative estimate of drug-likeness (QED) is 0.721. The fourth-order valence-electron chi connectivity index (χ4n) is 2.02. The van der Waals surface area contributed by atoms with E-state index in [0.29, 0.717) is 6.04 Å². The van der Waals surface area contributed by atoms with Gasteiger partial charge >= 0.3 is 0 Å². The van der Waals surface area contributed by atoms with Crippen LogP contribution >= 0.6 is 0 Å². The molecule has 94 valence electrons. The van der Waals surface area contributed by atoms with Crippen molar-refractivity contribution < 1.29 is 4.79 Å². The zero-order valence-electron chi connectivity index (χ0n) is 10.9. The van der Waals surface area contributed by atoms with Crippen LogP contribution in [0.5, 0.6) is 0 Å². The van der Waals surface area contributed by atoms with Gasteiger partial charge in [-0.05, 0) is 12.8 Å². The molecule has 0 aromatic heterocycles. The van der Waals surface area contributed by atoms with Crippen LogP contribution in [0.15, 0.2) is 0 Å². The third-order valence-corrected chi connectivity index (χ3v) is 3.13. The lowest BCUT2D eigenvalue weighted by molar-refractivity contribution is -0.128. The zero-order chi connectivity index (χ0) is 12.0. The number of rotatable bonds is 4. The van der Waals surface area contributed by atoms with Crippen LogP contribution in [0.1, 0.15) is 52.9 Å². The van der Waals surface area contributed by atoms with Gasteiger partial charge in [0.2, 0.25) is 5.91 Å². The van der Waals surface area contributed by atoms with Gasteiger partial charge in [-0.3, -0.25) is 4.79 Å². The third kappa shape index (κ3) is 4.97. The lowest BCUT2D eigenvalue weighted by Gasteiger charge is -2.23. The Balaban J connectivity index is 2.05. The van der Waals surface area contributed by atoms with Gasteiger partial charge in [0.25, 0.3) is 0 Å².